The molecule has 0 aliphatic heterocycles. The van der Waals surface area contributed by atoms with Gasteiger partial charge in [0.05, 0.1) is 5.52 Å². The fourth-order valence-electron chi connectivity index (χ4n) is 2.89. The van der Waals surface area contributed by atoms with Gasteiger partial charge >= 0.3 is 0 Å². The van der Waals surface area contributed by atoms with Crippen LogP contribution in [0, 0.1) is 5.82 Å². The Hall–Kier alpha value is -2.99. The van der Waals surface area contributed by atoms with E-state index in [0.717, 1.165) is 22.1 Å². The molecule has 6 heteroatoms. The molecule has 2 aromatic carbocycles. The van der Waals surface area contributed by atoms with Crippen molar-refractivity contribution in [2.24, 2.45) is 0 Å². The van der Waals surface area contributed by atoms with Crippen molar-refractivity contribution >= 4 is 29.0 Å². The maximum Gasteiger partial charge on any atom is 0.234 e. The van der Waals surface area contributed by atoms with Crippen LogP contribution in [0.25, 0.3) is 28.0 Å². The Labute approximate surface area is 153 Å². The molecule has 0 radical (unpaired) electrons. The molecule has 0 saturated heterocycles. The number of thioether (sulfide) groups is 1. The summed E-state index contributed by atoms with van der Waals surface area (Å²) in [6.07, 6.45) is 7.97. The van der Waals surface area contributed by atoms with Crippen molar-refractivity contribution in [2.45, 2.75) is 4.90 Å². The second-order valence-corrected chi connectivity index (χ2v) is 6.56. The number of rotatable bonds is 4. The quantitative estimate of drug-likeness (QED) is 0.387. The van der Waals surface area contributed by atoms with Gasteiger partial charge in [-0.05, 0) is 18.4 Å². The first-order valence-corrected chi connectivity index (χ1v) is 9.15. The lowest BCUT2D eigenvalue weighted by atomic mass is 10.1. The summed E-state index contributed by atoms with van der Waals surface area (Å²) in [5, 5.41) is 1.03. The third-order valence-electron chi connectivity index (χ3n) is 4.19. The number of hydrogen-bond acceptors (Lipinski definition) is 4. The monoisotopic (exact) mass is 363 g/mol. The van der Waals surface area contributed by atoms with E-state index in [1.54, 1.807) is 48.4 Å². The van der Waals surface area contributed by atoms with E-state index in [2.05, 4.69) is 9.97 Å². The van der Waals surface area contributed by atoms with Gasteiger partial charge in [-0.3, -0.25) is 9.36 Å². The third-order valence-corrected chi connectivity index (χ3v) is 4.95. The van der Waals surface area contributed by atoms with E-state index in [1.165, 1.54) is 6.07 Å². The molecule has 0 amide bonds. The number of benzene rings is 2. The molecule has 0 N–H and O–H groups in total. The molecule has 26 heavy (non-hydrogen) atoms. The van der Waals surface area contributed by atoms with Crippen LogP contribution in [-0.2, 0) is 0 Å². The van der Waals surface area contributed by atoms with Gasteiger partial charge in [-0.1, -0.05) is 30.3 Å². The summed E-state index contributed by atoms with van der Waals surface area (Å²) in [7, 11) is 0. The minimum Gasteiger partial charge on any atom is -0.298 e. The van der Waals surface area contributed by atoms with Crippen molar-refractivity contribution in [1.82, 2.24) is 14.5 Å². The Morgan fingerprint density at radius 3 is 2.58 bits per heavy atom. The average molecular weight is 363 g/mol. The first kappa shape index (κ1) is 16.5. The Morgan fingerprint density at radius 2 is 1.88 bits per heavy atom. The summed E-state index contributed by atoms with van der Waals surface area (Å²) in [6, 6.07) is 12.1. The fraction of sp³-hybridized carbons (Fsp3) is 0.0500. The largest absolute Gasteiger partial charge is 0.298 e. The zero-order valence-corrected chi connectivity index (χ0v) is 14.7. The Kier molecular flexibility index (Phi) is 4.26. The smallest absolute Gasteiger partial charge is 0.234 e. The Balaban J connectivity index is 1.83. The van der Waals surface area contributed by atoms with Crippen molar-refractivity contribution in [1.29, 1.82) is 0 Å². The van der Waals surface area contributed by atoms with E-state index in [0.29, 0.717) is 22.6 Å². The molecule has 0 saturated carbocycles. The predicted octanol–water partition coefficient (Wildman–Crippen LogP) is 4.76. The number of hydrogen-bond donors (Lipinski definition) is 0. The van der Waals surface area contributed by atoms with Crippen LogP contribution in [-0.4, -0.2) is 27.1 Å². The maximum absolute atomic E-state index is 13.9. The summed E-state index contributed by atoms with van der Waals surface area (Å²) in [5.74, 6) is 0.161. The normalized spacial score (nSPS) is 11.0. The SMILES string of the molecule is CSc1cn(-c2ncc(-c3ccccc3F)cn2)c2cc(C=O)ccc12. The molecule has 0 aliphatic rings. The lowest BCUT2D eigenvalue weighted by Gasteiger charge is -2.06. The van der Waals surface area contributed by atoms with Gasteiger partial charge in [0.25, 0.3) is 0 Å². The lowest BCUT2D eigenvalue weighted by Crippen LogP contribution is -2.00. The molecule has 0 bridgehead atoms. The molecule has 4 rings (SSSR count). The average Bonchev–Trinajstić information content (AvgIpc) is 3.06. The van der Waals surface area contributed by atoms with Gasteiger partial charge in [-0.25, -0.2) is 14.4 Å². The zero-order valence-electron chi connectivity index (χ0n) is 13.9. The van der Waals surface area contributed by atoms with Crippen LogP contribution in [0.1, 0.15) is 10.4 Å². The number of halogens is 1. The Bertz CT molecular complexity index is 1110. The van der Waals surface area contributed by atoms with Crippen LogP contribution >= 0.6 is 11.8 Å². The summed E-state index contributed by atoms with van der Waals surface area (Å²) < 4.78 is 15.8. The zero-order chi connectivity index (χ0) is 18.1. The van der Waals surface area contributed by atoms with Crippen molar-refractivity contribution in [3.8, 4) is 17.1 Å². The summed E-state index contributed by atoms with van der Waals surface area (Å²) >= 11 is 1.61. The van der Waals surface area contributed by atoms with Gasteiger partial charge < -0.3 is 0 Å². The molecule has 2 aromatic heterocycles. The van der Waals surface area contributed by atoms with E-state index in [-0.39, 0.29) is 5.82 Å². The van der Waals surface area contributed by atoms with E-state index in [9.17, 15) is 9.18 Å². The summed E-state index contributed by atoms with van der Waals surface area (Å²) in [6.45, 7) is 0. The van der Waals surface area contributed by atoms with Gasteiger partial charge in [0.2, 0.25) is 5.95 Å². The van der Waals surface area contributed by atoms with E-state index in [4.69, 9.17) is 0 Å². The molecule has 4 aromatic rings. The minimum atomic E-state index is -0.310. The summed E-state index contributed by atoms with van der Waals surface area (Å²) in [4.78, 5) is 21.0. The highest BCUT2D eigenvalue weighted by atomic mass is 32.2. The summed E-state index contributed by atoms with van der Waals surface area (Å²) in [5.41, 5.74) is 2.52. The highest BCUT2D eigenvalue weighted by Crippen LogP contribution is 2.31. The standard InChI is InChI=1S/C20H14FN3OS/c1-26-19-11-24(18-8-13(12-25)6-7-16(18)19)20-22-9-14(10-23-20)15-4-2-3-5-17(15)21/h2-12H,1H3. The number of carbonyl (C=O) groups excluding carboxylic acids is 1. The molecular weight excluding hydrogens is 349 g/mol. The van der Waals surface area contributed by atoms with E-state index >= 15 is 0 Å². The Morgan fingerprint density at radius 1 is 1.12 bits per heavy atom. The van der Waals surface area contributed by atoms with Crippen molar-refractivity contribution in [2.75, 3.05) is 6.26 Å². The van der Waals surface area contributed by atoms with Gasteiger partial charge in [0.1, 0.15) is 12.1 Å². The number of fused-ring (bicyclic) bond motifs is 1. The first-order valence-electron chi connectivity index (χ1n) is 7.93. The topological polar surface area (TPSA) is 47.8 Å². The van der Waals surface area contributed by atoms with E-state index < -0.39 is 0 Å². The van der Waals surface area contributed by atoms with Gasteiger partial charge in [0, 0.05) is 45.6 Å². The maximum atomic E-state index is 13.9. The number of nitrogens with zero attached hydrogens (tertiary/aromatic N) is 3. The van der Waals surface area contributed by atoms with Crippen LogP contribution in [0.4, 0.5) is 4.39 Å². The van der Waals surface area contributed by atoms with Crippen LogP contribution in [0.3, 0.4) is 0 Å². The molecule has 0 atom stereocenters. The van der Waals surface area contributed by atoms with Crippen LogP contribution < -0.4 is 0 Å². The lowest BCUT2D eigenvalue weighted by molar-refractivity contribution is 0.112. The number of aldehydes is 1. The molecule has 0 unspecified atom stereocenters. The molecule has 128 valence electrons. The molecular formula is C20H14FN3OS. The van der Waals surface area contributed by atoms with Crippen molar-refractivity contribution in [3.05, 3.63) is 72.4 Å². The first-order chi connectivity index (χ1) is 12.7. The van der Waals surface area contributed by atoms with Crippen LogP contribution in [0.5, 0.6) is 0 Å². The molecule has 4 nitrogen and oxygen atoms in total. The molecule has 0 spiro atoms. The number of carbonyl (C=O) groups is 1. The van der Waals surface area contributed by atoms with E-state index in [1.807, 2.05) is 29.2 Å². The third kappa shape index (κ3) is 2.78. The number of aromatic nitrogens is 3. The highest BCUT2D eigenvalue weighted by Gasteiger charge is 2.13. The van der Waals surface area contributed by atoms with Gasteiger partial charge in [0.15, 0.2) is 0 Å². The van der Waals surface area contributed by atoms with Gasteiger partial charge in [-0.15, -0.1) is 11.8 Å². The molecule has 0 aliphatic carbocycles. The predicted molar refractivity (Wildman–Crippen MR) is 101 cm³/mol. The van der Waals surface area contributed by atoms with Crippen molar-refractivity contribution < 1.29 is 9.18 Å². The fourth-order valence-corrected chi connectivity index (χ4v) is 3.50. The molecule has 2 heterocycles. The van der Waals surface area contributed by atoms with Gasteiger partial charge in [-0.2, -0.15) is 0 Å². The highest BCUT2D eigenvalue weighted by molar-refractivity contribution is 7.98. The van der Waals surface area contributed by atoms with Crippen LogP contribution in [0.15, 0.2) is 66.0 Å². The van der Waals surface area contributed by atoms with Crippen LogP contribution in [0.2, 0.25) is 0 Å². The minimum absolute atomic E-state index is 0.310. The van der Waals surface area contributed by atoms with Crippen molar-refractivity contribution in [3.63, 3.8) is 0 Å². The molecule has 0 fully saturated rings. The second-order valence-electron chi connectivity index (χ2n) is 5.71. The second kappa shape index (κ2) is 6.72.